The second-order valence-corrected chi connectivity index (χ2v) is 6.08. The van der Waals surface area contributed by atoms with Gasteiger partial charge in [-0.25, -0.2) is 0 Å². The van der Waals surface area contributed by atoms with Gasteiger partial charge in [0.1, 0.15) is 0 Å². The summed E-state index contributed by atoms with van der Waals surface area (Å²) in [6.45, 7) is 4.66. The molecule has 0 radical (unpaired) electrons. The molecular formula is C15H33P. The van der Waals surface area contributed by atoms with Gasteiger partial charge in [-0.3, -0.25) is 0 Å². The fourth-order valence-corrected chi connectivity index (χ4v) is 2.40. The van der Waals surface area contributed by atoms with Crippen LogP contribution < -0.4 is 0 Å². The van der Waals surface area contributed by atoms with E-state index in [4.69, 9.17) is 0 Å². The van der Waals surface area contributed by atoms with E-state index in [-0.39, 0.29) is 0 Å². The third kappa shape index (κ3) is 14.4. The fraction of sp³-hybridized carbons (Fsp3) is 1.00. The molecule has 1 unspecified atom stereocenters. The van der Waals surface area contributed by atoms with Crippen LogP contribution in [0.2, 0.25) is 0 Å². The van der Waals surface area contributed by atoms with Crippen molar-refractivity contribution >= 4 is 9.24 Å². The summed E-state index contributed by atoms with van der Waals surface area (Å²) in [4.78, 5) is 0. The number of rotatable bonds is 12. The maximum Gasteiger partial charge on any atom is -0.0381 e. The molecule has 0 aliphatic heterocycles. The molecular weight excluding hydrogens is 211 g/mol. The van der Waals surface area contributed by atoms with Gasteiger partial charge in [0.15, 0.2) is 0 Å². The lowest BCUT2D eigenvalue weighted by atomic mass is 10.0. The Labute approximate surface area is 106 Å². The van der Waals surface area contributed by atoms with E-state index >= 15 is 0 Å². The lowest BCUT2D eigenvalue weighted by Gasteiger charge is -2.04. The van der Waals surface area contributed by atoms with Crippen LogP contribution in [0, 0.1) is 5.92 Å². The van der Waals surface area contributed by atoms with E-state index in [1.807, 2.05) is 0 Å². The Bertz CT molecular complexity index is 121. The Balaban J connectivity index is 2.88. The lowest BCUT2D eigenvalue weighted by Crippen LogP contribution is -1.87. The van der Waals surface area contributed by atoms with Gasteiger partial charge in [-0.15, -0.1) is 9.24 Å². The SMILES string of the molecule is CC(C)CCCCCCCCCCCCP. The molecule has 0 aromatic rings. The first-order valence-electron chi connectivity index (χ1n) is 7.47. The molecule has 0 spiro atoms. The Hall–Kier alpha value is 0.430. The third-order valence-corrected chi connectivity index (χ3v) is 3.64. The average molecular weight is 244 g/mol. The zero-order valence-corrected chi connectivity index (χ0v) is 12.8. The summed E-state index contributed by atoms with van der Waals surface area (Å²) in [5, 5.41) is 0. The molecule has 0 rings (SSSR count). The van der Waals surface area contributed by atoms with Crippen molar-refractivity contribution < 1.29 is 0 Å². The first-order valence-corrected chi connectivity index (χ1v) is 8.29. The largest absolute Gasteiger partial charge is 0.138 e. The highest BCUT2D eigenvalue weighted by Gasteiger charge is 1.95. The highest BCUT2D eigenvalue weighted by Crippen LogP contribution is 2.13. The van der Waals surface area contributed by atoms with Gasteiger partial charge in [0.25, 0.3) is 0 Å². The molecule has 98 valence electrons. The van der Waals surface area contributed by atoms with Crippen molar-refractivity contribution in [2.24, 2.45) is 5.92 Å². The molecule has 0 nitrogen and oxygen atoms in total. The zero-order chi connectivity index (χ0) is 12.1. The van der Waals surface area contributed by atoms with E-state index in [1.54, 1.807) is 0 Å². The molecule has 0 saturated heterocycles. The van der Waals surface area contributed by atoms with Gasteiger partial charge >= 0.3 is 0 Å². The van der Waals surface area contributed by atoms with Gasteiger partial charge in [0, 0.05) is 0 Å². The Morgan fingerprint density at radius 2 is 1.00 bits per heavy atom. The van der Waals surface area contributed by atoms with Gasteiger partial charge in [0.2, 0.25) is 0 Å². The minimum atomic E-state index is 0.900. The molecule has 0 N–H and O–H groups in total. The standard InChI is InChI=1S/C15H33P/c1-15(2)13-11-9-7-5-3-4-6-8-10-12-14-16/h15H,3-14,16H2,1-2H3. The van der Waals surface area contributed by atoms with Crippen LogP contribution in [0.1, 0.15) is 84.5 Å². The monoisotopic (exact) mass is 244 g/mol. The van der Waals surface area contributed by atoms with E-state index < -0.39 is 0 Å². The second kappa shape index (κ2) is 13.5. The molecule has 1 heteroatoms. The minimum absolute atomic E-state index is 0.900. The summed E-state index contributed by atoms with van der Waals surface area (Å²) >= 11 is 0. The van der Waals surface area contributed by atoms with Crippen LogP contribution in [0.5, 0.6) is 0 Å². The van der Waals surface area contributed by atoms with E-state index in [9.17, 15) is 0 Å². The minimum Gasteiger partial charge on any atom is -0.138 e. The molecule has 0 aliphatic rings. The van der Waals surface area contributed by atoms with Crippen molar-refractivity contribution in [3.05, 3.63) is 0 Å². The molecule has 16 heavy (non-hydrogen) atoms. The molecule has 0 aliphatic carbocycles. The summed E-state index contributed by atoms with van der Waals surface area (Å²) in [5.41, 5.74) is 0. The molecule has 0 saturated carbocycles. The van der Waals surface area contributed by atoms with Crippen molar-refractivity contribution in [1.29, 1.82) is 0 Å². The fourth-order valence-electron chi connectivity index (χ4n) is 2.11. The molecule has 0 aromatic heterocycles. The highest BCUT2D eigenvalue weighted by atomic mass is 31.0. The Morgan fingerprint density at radius 3 is 1.38 bits per heavy atom. The van der Waals surface area contributed by atoms with Gasteiger partial charge in [-0.05, 0) is 18.5 Å². The van der Waals surface area contributed by atoms with Crippen LogP contribution in [-0.4, -0.2) is 6.16 Å². The second-order valence-electron chi connectivity index (χ2n) is 5.51. The van der Waals surface area contributed by atoms with Crippen LogP contribution in [0.25, 0.3) is 0 Å². The Morgan fingerprint density at radius 1 is 0.625 bits per heavy atom. The summed E-state index contributed by atoms with van der Waals surface area (Å²) < 4.78 is 0. The maximum atomic E-state index is 2.82. The number of hydrogen-bond acceptors (Lipinski definition) is 0. The summed E-state index contributed by atoms with van der Waals surface area (Å²) in [7, 11) is 2.82. The van der Waals surface area contributed by atoms with Crippen LogP contribution >= 0.6 is 9.24 Å². The van der Waals surface area contributed by atoms with Crippen molar-refractivity contribution in [3.8, 4) is 0 Å². The van der Waals surface area contributed by atoms with Crippen molar-refractivity contribution in [2.45, 2.75) is 84.5 Å². The van der Waals surface area contributed by atoms with Crippen molar-refractivity contribution in [2.75, 3.05) is 6.16 Å². The molecule has 0 aromatic carbocycles. The molecule has 0 heterocycles. The van der Waals surface area contributed by atoms with Gasteiger partial charge in [0.05, 0.1) is 0 Å². The quantitative estimate of drug-likeness (QED) is 0.300. The topological polar surface area (TPSA) is 0 Å². The Kier molecular flexibility index (Phi) is 13.9. The maximum absolute atomic E-state index is 2.82. The van der Waals surface area contributed by atoms with Crippen LogP contribution in [0.4, 0.5) is 0 Å². The van der Waals surface area contributed by atoms with E-state index in [0.717, 1.165) is 5.92 Å². The van der Waals surface area contributed by atoms with Crippen LogP contribution in [0.15, 0.2) is 0 Å². The molecule has 0 bridgehead atoms. The van der Waals surface area contributed by atoms with Crippen LogP contribution in [-0.2, 0) is 0 Å². The summed E-state index contributed by atoms with van der Waals surface area (Å²) in [6, 6.07) is 0. The number of hydrogen-bond donors (Lipinski definition) is 0. The smallest absolute Gasteiger partial charge is 0.0381 e. The predicted octanol–water partition coefficient (Wildman–Crippen LogP) is 5.81. The highest BCUT2D eigenvalue weighted by molar-refractivity contribution is 7.16. The first kappa shape index (κ1) is 16.4. The van der Waals surface area contributed by atoms with Crippen molar-refractivity contribution in [3.63, 3.8) is 0 Å². The van der Waals surface area contributed by atoms with Crippen LogP contribution in [0.3, 0.4) is 0 Å². The first-order chi connectivity index (χ1) is 7.77. The zero-order valence-electron chi connectivity index (χ0n) is 11.6. The number of unbranched alkanes of at least 4 members (excludes halogenated alkanes) is 9. The van der Waals surface area contributed by atoms with Gasteiger partial charge in [-0.2, -0.15) is 0 Å². The molecule has 0 fully saturated rings. The van der Waals surface area contributed by atoms with E-state index in [0.29, 0.717) is 0 Å². The summed E-state index contributed by atoms with van der Waals surface area (Å²) in [6.07, 6.45) is 17.3. The lowest BCUT2D eigenvalue weighted by molar-refractivity contribution is 0.505. The average Bonchev–Trinajstić information content (AvgIpc) is 2.25. The predicted molar refractivity (Wildman–Crippen MR) is 80.2 cm³/mol. The van der Waals surface area contributed by atoms with E-state index in [2.05, 4.69) is 23.1 Å². The molecule has 1 atom stereocenters. The third-order valence-electron chi connectivity index (χ3n) is 3.24. The normalized spacial score (nSPS) is 11.2. The summed E-state index contributed by atoms with van der Waals surface area (Å²) in [5.74, 6) is 0.900. The van der Waals surface area contributed by atoms with Gasteiger partial charge in [-0.1, -0.05) is 78.1 Å². The molecule has 0 amide bonds. The van der Waals surface area contributed by atoms with Gasteiger partial charge < -0.3 is 0 Å². The van der Waals surface area contributed by atoms with Crippen molar-refractivity contribution in [1.82, 2.24) is 0 Å². The van der Waals surface area contributed by atoms with E-state index in [1.165, 1.54) is 76.8 Å².